The van der Waals surface area contributed by atoms with Crippen LogP contribution in [0.15, 0.2) is 82.7 Å². The molecule has 2 N–H and O–H groups in total. The van der Waals surface area contributed by atoms with E-state index in [9.17, 15) is 14.9 Å². The van der Waals surface area contributed by atoms with Crippen molar-refractivity contribution in [3.8, 4) is 6.07 Å². The van der Waals surface area contributed by atoms with E-state index in [2.05, 4.69) is 15.6 Å². The van der Waals surface area contributed by atoms with Gasteiger partial charge in [-0.3, -0.25) is 9.59 Å². The van der Waals surface area contributed by atoms with E-state index >= 15 is 0 Å². The van der Waals surface area contributed by atoms with Crippen molar-refractivity contribution >= 4 is 34.7 Å². The first-order valence-corrected chi connectivity index (χ1v) is 10.5. The lowest BCUT2D eigenvalue weighted by molar-refractivity contribution is -0.117. The van der Waals surface area contributed by atoms with Gasteiger partial charge in [-0.05, 0) is 23.9 Å². The molecule has 2 amide bonds. The molecule has 3 aromatic rings. The number of hydrogen-bond donors (Lipinski definition) is 2. The van der Waals surface area contributed by atoms with Gasteiger partial charge in [0, 0.05) is 11.1 Å². The summed E-state index contributed by atoms with van der Waals surface area (Å²) in [5.41, 5.74) is 2.37. The zero-order chi connectivity index (χ0) is 21.8. The highest BCUT2D eigenvalue weighted by Gasteiger charge is 2.28. The molecule has 6 nitrogen and oxygen atoms in total. The molecule has 1 aromatic heterocycles. The lowest BCUT2D eigenvalue weighted by Crippen LogP contribution is -2.29. The molecule has 0 unspecified atom stereocenters. The molecule has 0 saturated carbocycles. The minimum absolute atomic E-state index is 0.101. The van der Waals surface area contributed by atoms with E-state index in [0.717, 1.165) is 5.56 Å². The van der Waals surface area contributed by atoms with Gasteiger partial charge in [-0.25, -0.2) is 4.99 Å². The average Bonchev–Trinajstić information content (AvgIpc) is 3.44. The molecule has 7 heteroatoms. The minimum Gasteiger partial charge on any atom is -0.345 e. The molecule has 2 heterocycles. The van der Waals surface area contributed by atoms with Crippen molar-refractivity contribution in [2.24, 2.45) is 4.99 Å². The number of amides is 2. The molecule has 0 saturated heterocycles. The summed E-state index contributed by atoms with van der Waals surface area (Å²) < 4.78 is 0. The maximum Gasteiger partial charge on any atom is 0.266 e. The average molecular weight is 427 g/mol. The first-order valence-electron chi connectivity index (χ1n) is 9.62. The third-order valence-electron chi connectivity index (χ3n) is 4.86. The Morgan fingerprint density at radius 1 is 1.00 bits per heavy atom. The van der Waals surface area contributed by atoms with E-state index in [1.807, 2.05) is 54.8 Å². The van der Waals surface area contributed by atoms with Gasteiger partial charge in [-0.15, -0.1) is 11.3 Å². The van der Waals surface area contributed by atoms with Crippen LogP contribution in [0.1, 0.15) is 39.3 Å². The Hall–Kier alpha value is -4.02. The predicted octanol–water partition coefficient (Wildman–Crippen LogP) is 4.05. The van der Waals surface area contributed by atoms with Gasteiger partial charge in [0.2, 0.25) is 0 Å². The van der Waals surface area contributed by atoms with E-state index in [1.165, 1.54) is 11.3 Å². The van der Waals surface area contributed by atoms with E-state index in [-0.39, 0.29) is 23.2 Å². The number of hydrogen-bond acceptors (Lipinski definition) is 5. The van der Waals surface area contributed by atoms with Gasteiger partial charge in [0.1, 0.15) is 17.5 Å². The Bertz CT molecular complexity index is 1240. The second-order valence-corrected chi connectivity index (χ2v) is 7.83. The number of nitrogens with zero attached hydrogens (tertiary/aromatic N) is 2. The minimum atomic E-state index is -0.516. The number of carbonyl (C=O) groups excluding carboxylic acids is 2. The van der Waals surface area contributed by atoms with Crippen molar-refractivity contribution in [1.29, 1.82) is 5.26 Å². The normalized spacial score (nSPS) is 14.6. The summed E-state index contributed by atoms with van der Waals surface area (Å²) in [5.74, 6) is -0.482. The Morgan fingerprint density at radius 3 is 2.39 bits per heavy atom. The third kappa shape index (κ3) is 4.15. The topological polar surface area (TPSA) is 94.3 Å². The summed E-state index contributed by atoms with van der Waals surface area (Å²) in [6.07, 6.45) is 0. The van der Waals surface area contributed by atoms with E-state index in [0.29, 0.717) is 21.8 Å². The van der Waals surface area contributed by atoms with Crippen LogP contribution in [0, 0.1) is 11.3 Å². The molecule has 2 aromatic carbocycles. The van der Waals surface area contributed by atoms with E-state index < -0.39 is 5.91 Å². The fraction of sp³-hybridized carbons (Fsp3) is 0.0833. The Balaban J connectivity index is 1.66. The van der Waals surface area contributed by atoms with Crippen molar-refractivity contribution < 1.29 is 9.59 Å². The van der Waals surface area contributed by atoms with Crippen LogP contribution in [0.5, 0.6) is 0 Å². The Labute approximate surface area is 183 Å². The standard InChI is InChI=1S/C24H18N4O2S/c1-15(16-8-3-2-4-9-16)26-23(29)19(14-25)21-17-10-5-6-11-18(17)22(27-21)28-24(30)20-12-7-13-31-20/h2-13,15H,1H3,(H,26,29)(H,27,28,30)/b21-19-/t15-/m0/s1. The molecule has 0 radical (unpaired) electrons. The second-order valence-electron chi connectivity index (χ2n) is 6.88. The van der Waals surface area contributed by atoms with Crippen LogP contribution in [0.25, 0.3) is 5.70 Å². The highest BCUT2D eigenvalue weighted by molar-refractivity contribution is 7.12. The fourth-order valence-electron chi connectivity index (χ4n) is 3.30. The molecule has 152 valence electrons. The van der Waals surface area contributed by atoms with Crippen LogP contribution in [0.4, 0.5) is 0 Å². The van der Waals surface area contributed by atoms with Gasteiger partial charge in [-0.2, -0.15) is 5.26 Å². The number of rotatable bonds is 4. The monoisotopic (exact) mass is 426 g/mol. The summed E-state index contributed by atoms with van der Waals surface area (Å²) in [7, 11) is 0. The van der Waals surface area contributed by atoms with Gasteiger partial charge < -0.3 is 10.6 Å². The molecule has 4 rings (SSSR count). The van der Waals surface area contributed by atoms with Gasteiger partial charge in [0.05, 0.1) is 16.6 Å². The van der Waals surface area contributed by atoms with Gasteiger partial charge in [0.15, 0.2) is 0 Å². The van der Waals surface area contributed by atoms with Crippen LogP contribution in [-0.4, -0.2) is 17.6 Å². The summed E-state index contributed by atoms with van der Waals surface area (Å²) in [4.78, 5) is 30.4. The highest BCUT2D eigenvalue weighted by atomic mass is 32.1. The molecular weight excluding hydrogens is 408 g/mol. The second kappa shape index (κ2) is 8.78. The van der Waals surface area contributed by atoms with Crippen LogP contribution in [-0.2, 0) is 4.79 Å². The van der Waals surface area contributed by atoms with Gasteiger partial charge in [-0.1, -0.05) is 60.7 Å². The molecule has 0 fully saturated rings. The zero-order valence-electron chi connectivity index (χ0n) is 16.6. The lowest BCUT2D eigenvalue weighted by atomic mass is 10.0. The summed E-state index contributed by atoms with van der Waals surface area (Å²) >= 11 is 1.32. The molecule has 0 aliphatic carbocycles. The highest BCUT2D eigenvalue weighted by Crippen LogP contribution is 2.31. The van der Waals surface area contributed by atoms with E-state index in [4.69, 9.17) is 0 Å². The molecule has 1 aliphatic heterocycles. The smallest absolute Gasteiger partial charge is 0.266 e. The largest absolute Gasteiger partial charge is 0.345 e. The first kappa shape index (κ1) is 20.3. The quantitative estimate of drug-likeness (QED) is 0.487. The molecular formula is C24H18N4O2S. The summed E-state index contributed by atoms with van der Waals surface area (Å²) in [5, 5.41) is 17.2. The molecule has 1 aliphatic rings. The lowest BCUT2D eigenvalue weighted by Gasteiger charge is -2.14. The maximum absolute atomic E-state index is 12.9. The number of carbonyl (C=O) groups is 2. The van der Waals surface area contributed by atoms with Crippen LogP contribution >= 0.6 is 11.3 Å². The van der Waals surface area contributed by atoms with Crippen molar-refractivity contribution in [3.63, 3.8) is 0 Å². The number of amidine groups is 1. The van der Waals surface area contributed by atoms with Crippen molar-refractivity contribution in [3.05, 3.63) is 99.3 Å². The Morgan fingerprint density at radius 2 is 1.71 bits per heavy atom. The number of nitriles is 1. The zero-order valence-corrected chi connectivity index (χ0v) is 17.4. The third-order valence-corrected chi connectivity index (χ3v) is 5.73. The van der Waals surface area contributed by atoms with Crippen LogP contribution in [0.3, 0.4) is 0 Å². The summed E-state index contributed by atoms with van der Waals surface area (Å²) in [6.45, 7) is 1.85. The molecule has 31 heavy (non-hydrogen) atoms. The van der Waals surface area contributed by atoms with E-state index in [1.54, 1.807) is 30.3 Å². The number of nitrogens with one attached hydrogen (secondary N) is 2. The van der Waals surface area contributed by atoms with Crippen LogP contribution < -0.4 is 10.6 Å². The van der Waals surface area contributed by atoms with Crippen molar-refractivity contribution in [1.82, 2.24) is 10.6 Å². The SMILES string of the molecule is C[C@H](NC(=O)/C(C#N)=C1\N=C(NC(=O)c2cccs2)c2ccccc21)c1ccccc1. The van der Waals surface area contributed by atoms with Crippen LogP contribution in [0.2, 0.25) is 0 Å². The van der Waals surface area contributed by atoms with Gasteiger partial charge >= 0.3 is 0 Å². The predicted molar refractivity (Wildman–Crippen MR) is 120 cm³/mol. The molecule has 1 atom stereocenters. The number of benzene rings is 2. The molecule has 0 spiro atoms. The van der Waals surface area contributed by atoms with Crippen molar-refractivity contribution in [2.75, 3.05) is 0 Å². The number of aliphatic imine (C=N–C) groups is 1. The maximum atomic E-state index is 12.9. The van der Waals surface area contributed by atoms with Crippen molar-refractivity contribution in [2.45, 2.75) is 13.0 Å². The van der Waals surface area contributed by atoms with Gasteiger partial charge in [0.25, 0.3) is 11.8 Å². The number of fused-ring (bicyclic) bond motifs is 1. The molecule has 0 bridgehead atoms. The fourth-order valence-corrected chi connectivity index (χ4v) is 3.92. The Kier molecular flexibility index (Phi) is 5.74. The first-order chi connectivity index (χ1) is 15.1. The summed E-state index contributed by atoms with van der Waals surface area (Å²) in [6, 6.07) is 21.9. The number of thiophene rings is 1.